The molecule has 1 fully saturated rings. The SMILES string of the molecule is Cc1c(Cc2c(CO[Si](C)(C)C(C)(C)C)nc3c(N)cc(N4CCOC(C)C4)nn23)cccc1C(F)(F)F.S. The highest BCUT2D eigenvalue weighted by Crippen LogP contribution is 2.38. The Labute approximate surface area is 236 Å². The predicted molar refractivity (Wildman–Crippen MR) is 156 cm³/mol. The van der Waals surface area contributed by atoms with Gasteiger partial charge in [0.15, 0.2) is 19.8 Å². The fourth-order valence-corrected chi connectivity index (χ4v) is 5.35. The molecule has 0 saturated carbocycles. The van der Waals surface area contributed by atoms with Crippen molar-refractivity contribution in [3.8, 4) is 0 Å². The fourth-order valence-electron chi connectivity index (χ4n) is 4.42. The minimum Gasteiger partial charge on any atom is -0.411 e. The van der Waals surface area contributed by atoms with Crippen molar-refractivity contribution in [1.82, 2.24) is 14.6 Å². The summed E-state index contributed by atoms with van der Waals surface area (Å²) in [5, 5.41) is 4.87. The number of nitrogen functional groups attached to an aromatic ring is 1. The van der Waals surface area contributed by atoms with Crippen LogP contribution in [0.15, 0.2) is 24.3 Å². The lowest BCUT2D eigenvalue weighted by molar-refractivity contribution is -0.138. The number of benzene rings is 1. The number of hydrogen-bond acceptors (Lipinski definition) is 6. The summed E-state index contributed by atoms with van der Waals surface area (Å²) in [7, 11) is -2.13. The molecular formula is C27H40F3N5O2SSi. The van der Waals surface area contributed by atoms with E-state index in [1.165, 1.54) is 13.0 Å². The molecule has 216 valence electrons. The highest BCUT2D eigenvalue weighted by Gasteiger charge is 2.38. The molecular weight excluding hydrogens is 543 g/mol. The van der Waals surface area contributed by atoms with Crippen molar-refractivity contribution in [2.75, 3.05) is 30.3 Å². The van der Waals surface area contributed by atoms with Crippen LogP contribution in [0.4, 0.5) is 24.7 Å². The van der Waals surface area contributed by atoms with Gasteiger partial charge in [0.2, 0.25) is 0 Å². The molecule has 2 N–H and O–H groups in total. The van der Waals surface area contributed by atoms with E-state index >= 15 is 0 Å². The number of ether oxygens (including phenoxy) is 1. The molecule has 0 radical (unpaired) electrons. The van der Waals surface area contributed by atoms with E-state index in [0.29, 0.717) is 53.8 Å². The van der Waals surface area contributed by atoms with Crippen LogP contribution in [0.1, 0.15) is 55.8 Å². The van der Waals surface area contributed by atoms with Gasteiger partial charge in [-0.25, -0.2) is 9.50 Å². The van der Waals surface area contributed by atoms with E-state index in [0.717, 1.165) is 6.07 Å². The summed E-state index contributed by atoms with van der Waals surface area (Å²) in [4.78, 5) is 6.91. The molecule has 1 aliphatic rings. The van der Waals surface area contributed by atoms with Crippen molar-refractivity contribution in [3.63, 3.8) is 0 Å². The molecule has 3 heterocycles. The Morgan fingerprint density at radius 2 is 1.90 bits per heavy atom. The molecule has 1 atom stereocenters. The third-order valence-corrected chi connectivity index (χ3v) is 12.3. The van der Waals surface area contributed by atoms with Gasteiger partial charge in [0.05, 0.1) is 42.0 Å². The molecule has 3 aromatic rings. The van der Waals surface area contributed by atoms with Gasteiger partial charge in [-0.15, -0.1) is 5.10 Å². The summed E-state index contributed by atoms with van der Waals surface area (Å²) in [6.07, 6.45) is -4.18. The second-order valence-corrected chi connectivity index (χ2v) is 16.4. The van der Waals surface area contributed by atoms with E-state index < -0.39 is 20.1 Å². The minimum absolute atomic E-state index is 0. The summed E-state index contributed by atoms with van der Waals surface area (Å²) >= 11 is 0. The molecule has 0 spiro atoms. The quantitative estimate of drug-likeness (QED) is 0.354. The molecule has 12 heteroatoms. The number of morpholine rings is 1. The average molecular weight is 584 g/mol. The lowest BCUT2D eigenvalue weighted by Crippen LogP contribution is -2.41. The molecule has 1 unspecified atom stereocenters. The number of hydrogen-bond donors (Lipinski definition) is 1. The number of nitrogens with zero attached hydrogens (tertiary/aromatic N) is 4. The lowest BCUT2D eigenvalue weighted by atomic mass is 9.98. The van der Waals surface area contributed by atoms with Crippen LogP contribution in [0.5, 0.6) is 0 Å². The van der Waals surface area contributed by atoms with Crippen molar-refractivity contribution < 1.29 is 22.3 Å². The van der Waals surface area contributed by atoms with Gasteiger partial charge in [-0.1, -0.05) is 32.9 Å². The Hall–Kier alpha value is -2.28. The number of anilines is 2. The molecule has 1 saturated heterocycles. The molecule has 1 aliphatic heterocycles. The molecule has 0 aliphatic carbocycles. The number of nitrogens with two attached hydrogens (primary N) is 1. The van der Waals surface area contributed by atoms with Gasteiger partial charge in [-0.2, -0.15) is 26.7 Å². The second-order valence-electron chi connectivity index (χ2n) is 11.6. The van der Waals surface area contributed by atoms with E-state index in [9.17, 15) is 13.2 Å². The van der Waals surface area contributed by atoms with Crippen LogP contribution in [0, 0.1) is 6.92 Å². The third-order valence-electron chi connectivity index (χ3n) is 7.83. The van der Waals surface area contributed by atoms with Crippen LogP contribution < -0.4 is 10.6 Å². The van der Waals surface area contributed by atoms with Crippen LogP contribution in [-0.2, 0) is 28.4 Å². The van der Waals surface area contributed by atoms with Gasteiger partial charge in [-0.3, -0.25) is 0 Å². The number of halogens is 3. The Morgan fingerprint density at radius 3 is 2.51 bits per heavy atom. The van der Waals surface area contributed by atoms with E-state index in [1.54, 1.807) is 16.6 Å². The minimum atomic E-state index is -4.43. The molecule has 7 nitrogen and oxygen atoms in total. The average Bonchev–Trinajstić information content (AvgIpc) is 3.15. The van der Waals surface area contributed by atoms with Gasteiger partial charge in [-0.05, 0) is 49.2 Å². The van der Waals surface area contributed by atoms with Crippen molar-refractivity contribution in [1.29, 1.82) is 0 Å². The van der Waals surface area contributed by atoms with E-state index in [4.69, 9.17) is 25.0 Å². The first kappa shape index (κ1) is 31.2. The van der Waals surface area contributed by atoms with Crippen LogP contribution in [-0.4, -0.2) is 48.7 Å². The highest BCUT2D eigenvalue weighted by atomic mass is 32.1. The van der Waals surface area contributed by atoms with Gasteiger partial charge < -0.3 is 19.8 Å². The Balaban J connectivity index is 0.00000420. The molecule has 1 aromatic carbocycles. The molecule has 0 bridgehead atoms. The topological polar surface area (TPSA) is 77.9 Å². The maximum absolute atomic E-state index is 13.7. The van der Waals surface area contributed by atoms with Gasteiger partial charge >= 0.3 is 6.18 Å². The predicted octanol–water partition coefficient (Wildman–Crippen LogP) is 6.09. The molecule has 4 rings (SSSR count). The van der Waals surface area contributed by atoms with Gasteiger partial charge in [0.25, 0.3) is 0 Å². The summed E-state index contributed by atoms with van der Waals surface area (Å²) in [5.41, 5.74) is 8.83. The van der Waals surface area contributed by atoms with Gasteiger partial charge in [0.1, 0.15) is 0 Å². The Bertz CT molecular complexity index is 1320. The Morgan fingerprint density at radius 1 is 1.21 bits per heavy atom. The van der Waals surface area contributed by atoms with Crippen molar-refractivity contribution in [2.45, 2.75) is 78.1 Å². The van der Waals surface area contributed by atoms with Crippen molar-refractivity contribution in [2.24, 2.45) is 0 Å². The van der Waals surface area contributed by atoms with Crippen LogP contribution in [0.25, 0.3) is 5.65 Å². The molecule has 0 amide bonds. The normalized spacial score (nSPS) is 17.0. The smallest absolute Gasteiger partial charge is 0.411 e. The first-order valence-corrected chi connectivity index (χ1v) is 15.8. The van der Waals surface area contributed by atoms with Crippen LogP contribution >= 0.6 is 13.5 Å². The van der Waals surface area contributed by atoms with E-state index in [2.05, 4.69) is 38.8 Å². The fraction of sp³-hybridized carbons (Fsp3) is 0.556. The lowest BCUT2D eigenvalue weighted by Gasteiger charge is -2.36. The highest BCUT2D eigenvalue weighted by molar-refractivity contribution is 7.59. The van der Waals surface area contributed by atoms with Gasteiger partial charge in [0, 0.05) is 25.6 Å². The molecule has 39 heavy (non-hydrogen) atoms. The monoisotopic (exact) mass is 583 g/mol. The van der Waals surface area contributed by atoms with E-state index in [-0.39, 0.29) is 43.2 Å². The maximum atomic E-state index is 13.7. The first-order chi connectivity index (χ1) is 17.6. The van der Waals surface area contributed by atoms with Crippen molar-refractivity contribution in [3.05, 3.63) is 52.3 Å². The van der Waals surface area contributed by atoms with Crippen LogP contribution in [0.3, 0.4) is 0 Å². The maximum Gasteiger partial charge on any atom is 0.416 e. The second kappa shape index (κ2) is 11.3. The zero-order valence-corrected chi connectivity index (χ0v) is 25.7. The molecule has 2 aromatic heterocycles. The zero-order valence-electron chi connectivity index (χ0n) is 23.7. The number of fused-ring (bicyclic) bond motifs is 1. The number of aromatic nitrogens is 3. The first-order valence-electron chi connectivity index (χ1n) is 12.9. The zero-order chi connectivity index (χ0) is 28.0. The third kappa shape index (κ3) is 6.55. The number of imidazole rings is 1. The standard InChI is InChI=1S/C27H38F3N5O2Si.H2S/c1-17-15-34(11-12-36-17)24-14-21(31)25-32-22(16-37-38(6,7)26(3,4)5)23(35(25)33-24)13-19-9-8-10-20(18(19)2)27(28,29)30;/h8-10,14,17H,11-13,15-16,31H2,1-7H3;1H2. The summed E-state index contributed by atoms with van der Waals surface area (Å²) in [6.45, 7) is 16.4. The largest absolute Gasteiger partial charge is 0.416 e. The summed E-state index contributed by atoms with van der Waals surface area (Å²) in [5.74, 6) is 0.682. The summed E-state index contributed by atoms with van der Waals surface area (Å²) in [6, 6.07) is 6.09. The van der Waals surface area contributed by atoms with Crippen molar-refractivity contribution >= 4 is 39.0 Å². The number of alkyl halides is 3. The van der Waals surface area contributed by atoms with Crippen LogP contribution in [0.2, 0.25) is 18.1 Å². The Kier molecular flexibility index (Phi) is 9.06. The summed E-state index contributed by atoms with van der Waals surface area (Å²) < 4.78 is 54.9. The number of rotatable bonds is 6. The van der Waals surface area contributed by atoms with E-state index in [1.807, 2.05) is 6.92 Å².